The first-order chi connectivity index (χ1) is 12.1. The van der Waals surface area contributed by atoms with Crippen molar-refractivity contribution in [2.75, 3.05) is 11.9 Å². The van der Waals surface area contributed by atoms with E-state index in [-0.39, 0.29) is 16.8 Å². The normalized spacial score (nSPS) is 17.1. The number of furan rings is 1. The molecule has 2 amide bonds. The molecule has 0 spiro atoms. The summed E-state index contributed by atoms with van der Waals surface area (Å²) in [7, 11) is 0. The van der Waals surface area contributed by atoms with E-state index < -0.39 is 23.9 Å². The van der Waals surface area contributed by atoms with Gasteiger partial charge < -0.3 is 14.5 Å². The van der Waals surface area contributed by atoms with Gasteiger partial charge in [-0.2, -0.15) is 0 Å². The Hall–Kier alpha value is -2.71. The van der Waals surface area contributed by atoms with Gasteiger partial charge in [-0.25, -0.2) is 14.7 Å². The highest BCUT2D eigenvalue weighted by molar-refractivity contribution is 6.08. The summed E-state index contributed by atoms with van der Waals surface area (Å²) < 4.78 is 23.7. The minimum absolute atomic E-state index is 0.0249. The number of ether oxygens (including phenoxy) is 1. The molecule has 0 saturated carbocycles. The molecule has 2 heterocycles. The molecule has 1 fully saturated rings. The third kappa shape index (κ3) is 4.43. The van der Waals surface area contributed by atoms with Crippen molar-refractivity contribution < 1.29 is 28.0 Å². The minimum Gasteiger partial charge on any atom is -0.472 e. The van der Waals surface area contributed by atoms with Gasteiger partial charge in [0.25, 0.3) is 11.8 Å². The van der Waals surface area contributed by atoms with Crippen LogP contribution < -0.4 is 10.8 Å². The topological polar surface area (TPSA) is 89.8 Å². The number of amides is 2. The standard InChI is InChI=1S/C17H17FN2O5/c18-12-4-5-13(17(22)20-25-15-3-1-2-7-24-15)14(9-12)19-16(21)11-6-8-23-10-11/h4-6,8-10,15H,1-3,7H2,(H,19,21)(H,20,22)/t15-/m1/s1. The molecule has 1 aliphatic heterocycles. The molecular weight excluding hydrogens is 331 g/mol. The third-order valence-electron chi connectivity index (χ3n) is 3.68. The number of carbonyl (C=O) groups excluding carboxylic acids is 2. The number of hydroxylamine groups is 1. The smallest absolute Gasteiger partial charge is 0.277 e. The van der Waals surface area contributed by atoms with E-state index in [1.807, 2.05) is 0 Å². The highest BCUT2D eigenvalue weighted by Gasteiger charge is 2.19. The van der Waals surface area contributed by atoms with Gasteiger partial charge in [0.15, 0.2) is 6.29 Å². The van der Waals surface area contributed by atoms with Crippen LogP contribution in [0.15, 0.2) is 41.2 Å². The van der Waals surface area contributed by atoms with Crippen LogP contribution in [-0.2, 0) is 9.57 Å². The van der Waals surface area contributed by atoms with Crippen molar-refractivity contribution in [2.24, 2.45) is 0 Å². The monoisotopic (exact) mass is 348 g/mol. The van der Waals surface area contributed by atoms with E-state index in [1.165, 1.54) is 24.7 Å². The van der Waals surface area contributed by atoms with Crippen LogP contribution >= 0.6 is 0 Å². The zero-order valence-electron chi connectivity index (χ0n) is 13.3. The van der Waals surface area contributed by atoms with Gasteiger partial charge in [-0.15, -0.1) is 0 Å². The Labute approximate surface area is 143 Å². The first-order valence-corrected chi connectivity index (χ1v) is 7.84. The van der Waals surface area contributed by atoms with E-state index in [0.29, 0.717) is 13.0 Å². The molecule has 1 saturated heterocycles. The van der Waals surface area contributed by atoms with Crippen LogP contribution in [0, 0.1) is 5.82 Å². The lowest BCUT2D eigenvalue weighted by Gasteiger charge is -2.22. The van der Waals surface area contributed by atoms with Crippen LogP contribution in [0.1, 0.15) is 40.0 Å². The zero-order valence-corrected chi connectivity index (χ0v) is 13.3. The lowest BCUT2D eigenvalue weighted by atomic mass is 10.1. The van der Waals surface area contributed by atoms with E-state index in [0.717, 1.165) is 25.0 Å². The number of hydrogen-bond acceptors (Lipinski definition) is 5. The zero-order chi connectivity index (χ0) is 17.6. The Bertz CT molecular complexity index is 742. The maximum Gasteiger partial charge on any atom is 0.277 e. The molecule has 1 aromatic heterocycles. The van der Waals surface area contributed by atoms with Crippen LogP contribution in [0.5, 0.6) is 0 Å². The molecule has 132 valence electrons. The summed E-state index contributed by atoms with van der Waals surface area (Å²) in [4.78, 5) is 29.6. The molecule has 3 rings (SSSR count). The maximum atomic E-state index is 13.5. The minimum atomic E-state index is -0.614. The van der Waals surface area contributed by atoms with E-state index in [4.69, 9.17) is 14.0 Å². The molecular formula is C17H17FN2O5. The van der Waals surface area contributed by atoms with Gasteiger partial charge in [-0.3, -0.25) is 9.59 Å². The molecule has 0 radical (unpaired) electrons. The molecule has 25 heavy (non-hydrogen) atoms. The van der Waals surface area contributed by atoms with Crippen molar-refractivity contribution in [3.05, 3.63) is 53.7 Å². The Morgan fingerprint density at radius 2 is 2.08 bits per heavy atom. The van der Waals surface area contributed by atoms with E-state index in [1.54, 1.807) is 0 Å². The number of rotatable bonds is 5. The number of benzene rings is 1. The molecule has 1 atom stereocenters. The quantitative estimate of drug-likeness (QED) is 0.811. The van der Waals surface area contributed by atoms with Gasteiger partial charge in [0.2, 0.25) is 0 Å². The molecule has 8 heteroatoms. The summed E-state index contributed by atoms with van der Waals surface area (Å²) >= 11 is 0. The number of carbonyl (C=O) groups is 2. The molecule has 0 bridgehead atoms. The van der Waals surface area contributed by atoms with Crippen molar-refractivity contribution in [1.29, 1.82) is 0 Å². The number of nitrogens with one attached hydrogen (secondary N) is 2. The first kappa shape index (κ1) is 17.1. The molecule has 0 unspecified atom stereocenters. The van der Waals surface area contributed by atoms with E-state index >= 15 is 0 Å². The van der Waals surface area contributed by atoms with Gasteiger partial charge >= 0.3 is 0 Å². The third-order valence-corrected chi connectivity index (χ3v) is 3.68. The average Bonchev–Trinajstić information content (AvgIpc) is 3.15. The summed E-state index contributed by atoms with van der Waals surface area (Å²) in [5.74, 6) is -1.72. The van der Waals surface area contributed by atoms with Crippen LogP contribution in [-0.4, -0.2) is 24.7 Å². The number of halogens is 1. The second kappa shape index (κ2) is 7.91. The summed E-state index contributed by atoms with van der Waals surface area (Å²) in [5.41, 5.74) is 2.62. The van der Waals surface area contributed by atoms with Gasteiger partial charge in [0, 0.05) is 13.0 Å². The van der Waals surface area contributed by atoms with Crippen molar-refractivity contribution in [3.8, 4) is 0 Å². The predicted octanol–water partition coefficient (Wildman–Crippen LogP) is 2.86. The van der Waals surface area contributed by atoms with Crippen LogP contribution in [0.2, 0.25) is 0 Å². The summed E-state index contributed by atoms with van der Waals surface area (Å²) in [6.07, 6.45) is 4.65. The Morgan fingerprint density at radius 3 is 2.80 bits per heavy atom. The fourth-order valence-electron chi connectivity index (χ4n) is 2.38. The van der Waals surface area contributed by atoms with Crippen molar-refractivity contribution in [2.45, 2.75) is 25.6 Å². The lowest BCUT2D eigenvalue weighted by molar-refractivity contribution is -0.186. The van der Waals surface area contributed by atoms with Crippen molar-refractivity contribution in [1.82, 2.24) is 5.48 Å². The Balaban J connectivity index is 1.69. The van der Waals surface area contributed by atoms with Gasteiger partial charge in [-0.05, 0) is 37.1 Å². The van der Waals surface area contributed by atoms with E-state index in [2.05, 4.69) is 10.8 Å². The van der Waals surface area contributed by atoms with Gasteiger partial charge in [-0.1, -0.05) is 0 Å². The van der Waals surface area contributed by atoms with Crippen molar-refractivity contribution >= 4 is 17.5 Å². The number of hydrogen-bond donors (Lipinski definition) is 2. The van der Waals surface area contributed by atoms with Crippen LogP contribution in [0.4, 0.5) is 10.1 Å². The Morgan fingerprint density at radius 1 is 1.20 bits per heavy atom. The SMILES string of the molecule is O=C(Nc1cc(F)ccc1C(=O)NO[C@@H]1CCCCO1)c1ccoc1. The van der Waals surface area contributed by atoms with Gasteiger partial charge in [0.05, 0.1) is 23.1 Å². The van der Waals surface area contributed by atoms with Gasteiger partial charge in [0.1, 0.15) is 12.1 Å². The average molecular weight is 348 g/mol. The molecule has 1 aliphatic rings. The second-order valence-electron chi connectivity index (χ2n) is 5.50. The summed E-state index contributed by atoms with van der Waals surface area (Å²) in [6.45, 7) is 0.573. The van der Waals surface area contributed by atoms with Crippen LogP contribution in [0.3, 0.4) is 0 Å². The number of anilines is 1. The fourth-order valence-corrected chi connectivity index (χ4v) is 2.38. The molecule has 2 aromatic rings. The highest BCUT2D eigenvalue weighted by atomic mass is 19.1. The fraction of sp³-hybridized carbons (Fsp3) is 0.294. The maximum absolute atomic E-state index is 13.5. The van der Waals surface area contributed by atoms with Crippen molar-refractivity contribution in [3.63, 3.8) is 0 Å². The summed E-state index contributed by atoms with van der Waals surface area (Å²) in [5, 5.41) is 2.49. The first-order valence-electron chi connectivity index (χ1n) is 7.84. The summed E-state index contributed by atoms with van der Waals surface area (Å²) in [6, 6.07) is 4.90. The molecule has 1 aromatic carbocycles. The molecule has 0 aliphatic carbocycles. The predicted molar refractivity (Wildman–Crippen MR) is 85.2 cm³/mol. The van der Waals surface area contributed by atoms with Crippen LogP contribution in [0.25, 0.3) is 0 Å². The lowest BCUT2D eigenvalue weighted by Crippen LogP contribution is -2.33. The highest BCUT2D eigenvalue weighted by Crippen LogP contribution is 2.19. The molecule has 7 nitrogen and oxygen atoms in total. The second-order valence-corrected chi connectivity index (χ2v) is 5.50. The largest absolute Gasteiger partial charge is 0.472 e. The Kier molecular flexibility index (Phi) is 5.42. The molecule has 2 N–H and O–H groups in total. The van der Waals surface area contributed by atoms with E-state index in [9.17, 15) is 14.0 Å².